The Morgan fingerprint density at radius 1 is 1.23 bits per heavy atom. The third-order valence-electron chi connectivity index (χ3n) is 5.44. The van der Waals surface area contributed by atoms with Crippen LogP contribution < -0.4 is 10.1 Å². The van der Waals surface area contributed by atoms with Crippen LogP contribution in [0.4, 0.5) is 0 Å². The van der Waals surface area contributed by atoms with E-state index >= 15 is 0 Å². The monoisotopic (exact) mass is 434 g/mol. The summed E-state index contributed by atoms with van der Waals surface area (Å²) in [7, 11) is -2.23. The molecule has 1 aromatic carbocycles. The number of aromatic nitrogens is 2. The molecule has 0 bridgehead atoms. The Morgan fingerprint density at radius 3 is 2.63 bits per heavy atom. The average molecular weight is 435 g/mol. The summed E-state index contributed by atoms with van der Waals surface area (Å²) < 4.78 is 38.1. The molecule has 30 heavy (non-hydrogen) atoms. The van der Waals surface area contributed by atoms with Crippen LogP contribution in [0.15, 0.2) is 27.6 Å². The van der Waals surface area contributed by atoms with E-state index in [1.807, 2.05) is 0 Å². The van der Waals surface area contributed by atoms with Gasteiger partial charge in [-0.05, 0) is 43.9 Å². The van der Waals surface area contributed by atoms with Gasteiger partial charge in [-0.3, -0.25) is 4.79 Å². The Balaban J connectivity index is 1.51. The van der Waals surface area contributed by atoms with Crippen molar-refractivity contribution in [2.24, 2.45) is 0 Å². The van der Waals surface area contributed by atoms with Gasteiger partial charge in [-0.15, -0.1) is 0 Å². The second kappa shape index (κ2) is 8.73. The molecular formula is C20H26N4O5S. The number of sulfonamides is 1. The molecule has 1 aromatic heterocycles. The molecule has 1 amide bonds. The number of ether oxygens (including phenoxy) is 1. The van der Waals surface area contributed by atoms with Crippen LogP contribution in [0.5, 0.6) is 5.75 Å². The molecule has 1 saturated heterocycles. The average Bonchev–Trinajstić information content (AvgIpc) is 3.55. The van der Waals surface area contributed by atoms with Crippen molar-refractivity contribution in [2.45, 2.75) is 55.9 Å². The van der Waals surface area contributed by atoms with Crippen molar-refractivity contribution in [3.63, 3.8) is 0 Å². The second-order valence-electron chi connectivity index (χ2n) is 7.69. The lowest BCUT2D eigenvalue weighted by molar-refractivity contribution is 0.0946. The molecule has 2 heterocycles. The predicted octanol–water partition coefficient (Wildman–Crippen LogP) is 2.45. The Labute approximate surface area is 175 Å². The maximum absolute atomic E-state index is 13.1. The SMILES string of the molecule is COc1ccc(S(=O)(=O)N2CCCCCC2)cc1C(=O)NCc1noc(C2CC2)n1. The van der Waals surface area contributed by atoms with Crippen LogP contribution in [0.25, 0.3) is 0 Å². The summed E-state index contributed by atoms with van der Waals surface area (Å²) in [5, 5.41) is 6.60. The zero-order valence-electron chi connectivity index (χ0n) is 17.0. The second-order valence-corrected chi connectivity index (χ2v) is 9.62. The first-order valence-electron chi connectivity index (χ1n) is 10.3. The maximum Gasteiger partial charge on any atom is 0.255 e. The molecule has 1 saturated carbocycles. The van der Waals surface area contributed by atoms with Gasteiger partial charge in [0.1, 0.15) is 5.75 Å². The number of carbonyl (C=O) groups is 1. The van der Waals surface area contributed by atoms with Gasteiger partial charge in [0.15, 0.2) is 5.82 Å². The summed E-state index contributed by atoms with van der Waals surface area (Å²) in [6.45, 7) is 1.08. The van der Waals surface area contributed by atoms with Crippen LogP contribution in [0.1, 0.15) is 66.5 Å². The van der Waals surface area contributed by atoms with Crippen LogP contribution >= 0.6 is 0 Å². The van der Waals surface area contributed by atoms with Crippen molar-refractivity contribution in [1.29, 1.82) is 0 Å². The van der Waals surface area contributed by atoms with Crippen molar-refractivity contribution in [2.75, 3.05) is 20.2 Å². The lowest BCUT2D eigenvalue weighted by atomic mass is 10.2. The van der Waals surface area contributed by atoms with Gasteiger partial charge in [0.2, 0.25) is 15.9 Å². The van der Waals surface area contributed by atoms with E-state index in [2.05, 4.69) is 15.5 Å². The van der Waals surface area contributed by atoms with Gasteiger partial charge < -0.3 is 14.6 Å². The molecule has 0 atom stereocenters. The minimum absolute atomic E-state index is 0.0846. The van der Waals surface area contributed by atoms with E-state index in [1.54, 1.807) is 0 Å². The van der Waals surface area contributed by atoms with Crippen LogP contribution in [0, 0.1) is 0 Å². The van der Waals surface area contributed by atoms with Gasteiger partial charge in [-0.2, -0.15) is 9.29 Å². The third-order valence-corrected chi connectivity index (χ3v) is 7.33. The lowest BCUT2D eigenvalue weighted by Crippen LogP contribution is -2.32. The fourth-order valence-electron chi connectivity index (χ4n) is 3.55. The topological polar surface area (TPSA) is 115 Å². The lowest BCUT2D eigenvalue weighted by Gasteiger charge is -2.20. The van der Waals surface area contributed by atoms with E-state index < -0.39 is 15.9 Å². The molecule has 0 unspecified atom stereocenters. The number of rotatable bonds is 7. The van der Waals surface area contributed by atoms with Gasteiger partial charge >= 0.3 is 0 Å². The van der Waals surface area contributed by atoms with Crippen LogP contribution in [-0.4, -0.2) is 49.0 Å². The number of nitrogens with one attached hydrogen (secondary N) is 1. The Bertz CT molecular complexity index is 1010. The van der Waals surface area contributed by atoms with E-state index in [0.29, 0.717) is 36.5 Å². The third kappa shape index (κ3) is 4.49. The minimum Gasteiger partial charge on any atom is -0.496 e. The highest BCUT2D eigenvalue weighted by atomic mass is 32.2. The molecule has 162 valence electrons. The van der Waals surface area contributed by atoms with Gasteiger partial charge in [-0.25, -0.2) is 8.42 Å². The number of methoxy groups -OCH3 is 1. The maximum atomic E-state index is 13.1. The minimum atomic E-state index is -3.67. The van der Waals surface area contributed by atoms with Gasteiger partial charge in [-0.1, -0.05) is 18.0 Å². The molecule has 1 aliphatic heterocycles. The van der Waals surface area contributed by atoms with Gasteiger partial charge in [0, 0.05) is 19.0 Å². The van der Waals surface area contributed by atoms with Crippen molar-refractivity contribution in [3.8, 4) is 5.75 Å². The number of carbonyl (C=O) groups excluding carboxylic acids is 1. The van der Waals surface area contributed by atoms with Gasteiger partial charge in [0.05, 0.1) is 24.1 Å². The van der Waals surface area contributed by atoms with E-state index in [0.717, 1.165) is 38.5 Å². The van der Waals surface area contributed by atoms with Crippen molar-refractivity contribution in [1.82, 2.24) is 19.8 Å². The molecule has 2 fully saturated rings. The Morgan fingerprint density at radius 2 is 1.97 bits per heavy atom. The first-order valence-corrected chi connectivity index (χ1v) is 11.7. The van der Waals surface area contributed by atoms with Crippen molar-refractivity contribution < 1.29 is 22.5 Å². The fraction of sp³-hybridized carbons (Fsp3) is 0.550. The van der Waals surface area contributed by atoms with Gasteiger partial charge in [0.25, 0.3) is 5.91 Å². The molecule has 0 spiro atoms. The normalized spacial score (nSPS) is 18.0. The number of hydrogen-bond donors (Lipinski definition) is 1. The molecule has 9 nitrogen and oxygen atoms in total. The highest BCUT2D eigenvalue weighted by molar-refractivity contribution is 7.89. The number of hydrogen-bond acceptors (Lipinski definition) is 7. The van der Waals surface area contributed by atoms with E-state index in [1.165, 1.54) is 29.6 Å². The predicted molar refractivity (Wildman–Crippen MR) is 108 cm³/mol. The molecule has 1 aliphatic carbocycles. The van der Waals surface area contributed by atoms with Crippen molar-refractivity contribution in [3.05, 3.63) is 35.5 Å². The van der Waals surface area contributed by atoms with Crippen molar-refractivity contribution >= 4 is 15.9 Å². The molecule has 4 rings (SSSR count). The molecule has 1 N–H and O–H groups in total. The van der Waals surface area contributed by atoms with Crippen LogP contribution in [0.3, 0.4) is 0 Å². The van der Waals surface area contributed by atoms with Crippen LogP contribution in [-0.2, 0) is 16.6 Å². The molecule has 0 radical (unpaired) electrons. The first kappa shape index (κ1) is 20.8. The molecule has 10 heteroatoms. The van der Waals surface area contributed by atoms with Crippen LogP contribution in [0.2, 0.25) is 0 Å². The molecule has 2 aliphatic rings. The standard InChI is InChI=1S/C20H26N4O5S/c1-28-17-9-8-15(30(26,27)24-10-4-2-3-5-11-24)12-16(17)19(25)21-13-18-22-20(29-23-18)14-6-7-14/h8-9,12,14H,2-7,10-11,13H2,1H3,(H,21,25). The highest BCUT2D eigenvalue weighted by Gasteiger charge is 2.30. The number of amides is 1. The van der Waals surface area contributed by atoms with E-state index in [-0.39, 0.29) is 17.0 Å². The number of nitrogens with zero attached hydrogens (tertiary/aromatic N) is 3. The fourth-order valence-corrected chi connectivity index (χ4v) is 5.09. The Hall–Kier alpha value is -2.46. The zero-order chi connectivity index (χ0) is 21.1. The summed E-state index contributed by atoms with van der Waals surface area (Å²) >= 11 is 0. The summed E-state index contributed by atoms with van der Waals surface area (Å²) in [6, 6.07) is 4.37. The first-order chi connectivity index (χ1) is 14.5. The number of benzene rings is 1. The molecule has 2 aromatic rings. The quantitative estimate of drug-likeness (QED) is 0.712. The Kier molecular flexibility index (Phi) is 6.05. The largest absolute Gasteiger partial charge is 0.496 e. The van der Waals surface area contributed by atoms with E-state index in [4.69, 9.17) is 9.26 Å². The highest BCUT2D eigenvalue weighted by Crippen LogP contribution is 2.38. The van der Waals surface area contributed by atoms with E-state index in [9.17, 15) is 13.2 Å². The zero-order valence-corrected chi connectivity index (χ0v) is 17.8. The summed E-state index contributed by atoms with van der Waals surface area (Å²) in [6.07, 6.45) is 5.83. The summed E-state index contributed by atoms with van der Waals surface area (Å²) in [4.78, 5) is 17.1. The summed E-state index contributed by atoms with van der Waals surface area (Å²) in [5.74, 6) is 1.16. The summed E-state index contributed by atoms with van der Waals surface area (Å²) in [5.41, 5.74) is 0.152. The molecular weight excluding hydrogens is 408 g/mol. The smallest absolute Gasteiger partial charge is 0.255 e.